The third-order valence-corrected chi connectivity index (χ3v) is 5.28. The van der Waals surface area contributed by atoms with E-state index in [9.17, 15) is 4.79 Å². The van der Waals surface area contributed by atoms with Crippen LogP contribution in [0.3, 0.4) is 0 Å². The lowest BCUT2D eigenvalue weighted by Gasteiger charge is -2.45. The minimum Gasteiger partial charge on any atom is -0.444 e. The average Bonchev–Trinajstić information content (AvgIpc) is 2.76. The molecule has 3 rings (SSSR count). The molecule has 27 heavy (non-hydrogen) atoms. The fourth-order valence-corrected chi connectivity index (χ4v) is 4.25. The normalized spacial score (nSPS) is 27.4. The van der Waals surface area contributed by atoms with Gasteiger partial charge in [0.25, 0.3) is 0 Å². The average molecular weight is 375 g/mol. The Labute approximate surface area is 163 Å². The van der Waals surface area contributed by atoms with E-state index in [1.54, 1.807) is 0 Å². The number of likely N-dealkylation sites (tertiary alicyclic amines) is 1. The van der Waals surface area contributed by atoms with Gasteiger partial charge in [-0.3, -0.25) is 4.90 Å². The monoisotopic (exact) mass is 374 g/mol. The molecule has 1 spiro atoms. The Morgan fingerprint density at radius 1 is 1.22 bits per heavy atom. The number of carbonyl (C=O) groups excluding carboxylic acids is 1. The van der Waals surface area contributed by atoms with Crippen molar-refractivity contribution in [2.75, 3.05) is 26.2 Å². The van der Waals surface area contributed by atoms with Crippen LogP contribution in [0.2, 0.25) is 0 Å². The van der Waals surface area contributed by atoms with E-state index < -0.39 is 5.60 Å². The van der Waals surface area contributed by atoms with E-state index in [0.717, 1.165) is 45.4 Å². The summed E-state index contributed by atoms with van der Waals surface area (Å²) in [5.41, 5.74) is 0.720. The van der Waals surface area contributed by atoms with Crippen LogP contribution in [0.25, 0.3) is 0 Å². The van der Waals surface area contributed by atoms with Crippen LogP contribution in [-0.4, -0.2) is 59.4 Å². The summed E-state index contributed by atoms with van der Waals surface area (Å²) in [5.74, 6) is 0. The first-order chi connectivity index (χ1) is 12.7. The van der Waals surface area contributed by atoms with Gasteiger partial charge in [-0.2, -0.15) is 0 Å². The van der Waals surface area contributed by atoms with Crippen molar-refractivity contribution in [1.82, 2.24) is 9.80 Å². The van der Waals surface area contributed by atoms with Crippen LogP contribution >= 0.6 is 0 Å². The number of nitrogens with zero attached hydrogens (tertiary/aromatic N) is 2. The fourth-order valence-electron chi connectivity index (χ4n) is 4.25. The van der Waals surface area contributed by atoms with Crippen molar-refractivity contribution in [2.45, 2.75) is 70.8 Å². The molecule has 150 valence electrons. The van der Waals surface area contributed by atoms with E-state index in [1.165, 1.54) is 5.56 Å². The molecule has 1 amide bonds. The third-order valence-electron chi connectivity index (χ3n) is 5.28. The van der Waals surface area contributed by atoms with Crippen molar-refractivity contribution >= 4 is 6.09 Å². The van der Waals surface area contributed by atoms with Gasteiger partial charge in [-0.1, -0.05) is 30.3 Å². The van der Waals surface area contributed by atoms with E-state index in [1.807, 2.05) is 25.7 Å². The molecule has 5 heteroatoms. The lowest BCUT2D eigenvalue weighted by Crippen LogP contribution is -2.55. The number of hydrogen-bond acceptors (Lipinski definition) is 4. The van der Waals surface area contributed by atoms with Crippen molar-refractivity contribution < 1.29 is 14.3 Å². The second-order valence-corrected chi connectivity index (χ2v) is 9.09. The summed E-state index contributed by atoms with van der Waals surface area (Å²) in [6, 6.07) is 10.6. The largest absolute Gasteiger partial charge is 0.444 e. The summed E-state index contributed by atoms with van der Waals surface area (Å²) >= 11 is 0. The number of rotatable bonds is 2. The second-order valence-electron chi connectivity index (χ2n) is 9.09. The number of carbonyl (C=O) groups is 1. The lowest BCUT2D eigenvalue weighted by atomic mass is 9.91. The van der Waals surface area contributed by atoms with Gasteiger partial charge < -0.3 is 14.4 Å². The van der Waals surface area contributed by atoms with Crippen LogP contribution < -0.4 is 0 Å². The van der Waals surface area contributed by atoms with Gasteiger partial charge in [-0.15, -0.1) is 0 Å². The zero-order valence-electron chi connectivity index (χ0n) is 17.2. The highest BCUT2D eigenvalue weighted by molar-refractivity contribution is 5.68. The molecule has 2 fully saturated rings. The maximum atomic E-state index is 12.5. The Bertz CT molecular complexity index is 628. The molecule has 2 saturated heterocycles. The first-order valence-corrected chi connectivity index (χ1v) is 10.2. The van der Waals surface area contributed by atoms with Crippen molar-refractivity contribution in [3.05, 3.63) is 35.9 Å². The molecule has 0 aliphatic carbocycles. The Morgan fingerprint density at radius 3 is 2.67 bits per heavy atom. The van der Waals surface area contributed by atoms with Gasteiger partial charge in [0.2, 0.25) is 0 Å². The molecule has 1 aromatic carbocycles. The van der Waals surface area contributed by atoms with Crippen molar-refractivity contribution in [3.8, 4) is 0 Å². The molecule has 0 radical (unpaired) electrons. The minimum atomic E-state index is -0.455. The number of ether oxygens (including phenoxy) is 2. The van der Waals surface area contributed by atoms with Gasteiger partial charge in [0.05, 0.1) is 11.7 Å². The summed E-state index contributed by atoms with van der Waals surface area (Å²) in [7, 11) is 0. The summed E-state index contributed by atoms with van der Waals surface area (Å²) in [4.78, 5) is 16.8. The molecular weight excluding hydrogens is 340 g/mol. The zero-order valence-corrected chi connectivity index (χ0v) is 17.2. The first kappa shape index (κ1) is 20.2. The topological polar surface area (TPSA) is 42.0 Å². The highest BCUT2D eigenvalue weighted by Gasteiger charge is 2.41. The molecule has 1 aromatic rings. The molecule has 2 heterocycles. The lowest BCUT2D eigenvalue weighted by molar-refractivity contribution is -0.156. The summed E-state index contributed by atoms with van der Waals surface area (Å²) < 4.78 is 12.0. The summed E-state index contributed by atoms with van der Waals surface area (Å²) in [5, 5.41) is 0. The molecule has 2 aliphatic heterocycles. The molecule has 5 nitrogen and oxygen atoms in total. The van der Waals surface area contributed by atoms with E-state index in [4.69, 9.17) is 9.47 Å². The van der Waals surface area contributed by atoms with E-state index in [0.29, 0.717) is 6.54 Å². The molecule has 2 aliphatic rings. The van der Waals surface area contributed by atoms with Gasteiger partial charge in [-0.25, -0.2) is 4.79 Å². The van der Waals surface area contributed by atoms with Gasteiger partial charge in [0.1, 0.15) is 5.60 Å². The maximum Gasteiger partial charge on any atom is 0.410 e. The number of hydrogen-bond donors (Lipinski definition) is 0. The molecule has 2 atom stereocenters. The number of morpholine rings is 1. The van der Waals surface area contributed by atoms with E-state index in [2.05, 4.69) is 42.2 Å². The first-order valence-electron chi connectivity index (χ1n) is 10.2. The Kier molecular flexibility index (Phi) is 6.11. The van der Waals surface area contributed by atoms with Crippen LogP contribution in [0.5, 0.6) is 0 Å². The third kappa shape index (κ3) is 5.69. The van der Waals surface area contributed by atoms with Crippen molar-refractivity contribution in [3.63, 3.8) is 0 Å². The van der Waals surface area contributed by atoms with E-state index >= 15 is 0 Å². The second kappa shape index (κ2) is 8.19. The van der Waals surface area contributed by atoms with Gasteiger partial charge in [-0.05, 0) is 52.5 Å². The summed E-state index contributed by atoms with van der Waals surface area (Å²) in [6.07, 6.45) is 2.80. The Morgan fingerprint density at radius 2 is 1.96 bits per heavy atom. The molecule has 0 bridgehead atoms. The Hall–Kier alpha value is -1.59. The van der Waals surface area contributed by atoms with Crippen LogP contribution in [0.1, 0.15) is 52.5 Å². The highest BCUT2D eigenvalue weighted by Crippen LogP contribution is 2.33. The minimum absolute atomic E-state index is 0.163. The van der Waals surface area contributed by atoms with E-state index in [-0.39, 0.29) is 17.8 Å². The quantitative estimate of drug-likeness (QED) is 0.783. The SMILES string of the molecule is C[C@@H]1CN(Cc2ccccc2)C[C@]2(CCCN(C(=O)OC(C)(C)C)CC2)O1. The van der Waals surface area contributed by atoms with Gasteiger partial charge in [0, 0.05) is 32.7 Å². The fraction of sp³-hybridized carbons (Fsp3) is 0.682. The number of benzene rings is 1. The van der Waals surface area contributed by atoms with Crippen LogP contribution in [0.4, 0.5) is 4.79 Å². The zero-order chi connectivity index (χ0) is 19.5. The van der Waals surface area contributed by atoms with Crippen LogP contribution in [-0.2, 0) is 16.0 Å². The van der Waals surface area contributed by atoms with Gasteiger partial charge >= 0.3 is 6.09 Å². The number of amides is 1. The Balaban J connectivity index is 1.63. The van der Waals surface area contributed by atoms with Crippen LogP contribution in [0, 0.1) is 0 Å². The molecule has 0 aromatic heterocycles. The molecule has 0 unspecified atom stereocenters. The summed E-state index contributed by atoms with van der Waals surface area (Å²) in [6.45, 7) is 12.2. The maximum absolute atomic E-state index is 12.5. The molecule has 0 N–H and O–H groups in total. The predicted molar refractivity (Wildman–Crippen MR) is 107 cm³/mol. The smallest absolute Gasteiger partial charge is 0.410 e. The van der Waals surface area contributed by atoms with Gasteiger partial charge in [0.15, 0.2) is 0 Å². The van der Waals surface area contributed by atoms with Crippen molar-refractivity contribution in [1.29, 1.82) is 0 Å². The van der Waals surface area contributed by atoms with Crippen LogP contribution in [0.15, 0.2) is 30.3 Å². The standard InChI is InChI=1S/C22H34N2O3/c1-18-15-23(16-19-9-6-5-7-10-19)17-22(26-18)11-8-13-24(14-12-22)20(25)27-21(2,3)4/h5-7,9-10,18H,8,11-17H2,1-4H3/t18-,22-/m1/s1. The molecular formula is C22H34N2O3. The highest BCUT2D eigenvalue weighted by atomic mass is 16.6. The molecule has 0 saturated carbocycles. The predicted octanol–water partition coefficient (Wildman–Crippen LogP) is 4.07. The van der Waals surface area contributed by atoms with Crippen molar-refractivity contribution in [2.24, 2.45) is 0 Å².